The molecule has 2 amide bonds. The number of carbonyl (C=O) groups is 1. The second-order valence-electron chi connectivity index (χ2n) is 5.82. The molecule has 0 spiro atoms. The van der Waals surface area contributed by atoms with Crippen LogP contribution in [-0.4, -0.2) is 36.8 Å². The van der Waals surface area contributed by atoms with Crippen molar-refractivity contribution in [2.45, 2.75) is 19.5 Å². The van der Waals surface area contributed by atoms with E-state index in [9.17, 15) is 14.3 Å². The van der Waals surface area contributed by atoms with Gasteiger partial charge in [-0.2, -0.15) is 0 Å². The molecule has 1 atom stereocenters. The van der Waals surface area contributed by atoms with Gasteiger partial charge in [0.15, 0.2) is 0 Å². The van der Waals surface area contributed by atoms with Gasteiger partial charge in [-0.3, -0.25) is 0 Å². The Morgan fingerprint density at radius 2 is 1.96 bits per heavy atom. The van der Waals surface area contributed by atoms with Crippen molar-refractivity contribution in [3.63, 3.8) is 0 Å². The Balaban J connectivity index is 2.01. The average Bonchev–Trinajstić information content (AvgIpc) is 2.63. The lowest BCUT2D eigenvalue weighted by Crippen LogP contribution is -2.40. The van der Waals surface area contributed by atoms with Crippen molar-refractivity contribution in [3.05, 3.63) is 65.0 Å². The number of aliphatic hydroxyl groups is 1. The maximum atomic E-state index is 13.3. The zero-order valence-electron chi connectivity index (χ0n) is 14.6. The molecular weight excluding hydrogens is 323 g/mol. The van der Waals surface area contributed by atoms with E-state index in [4.69, 9.17) is 4.74 Å². The molecule has 0 fully saturated rings. The number of hydrogen-bond donors (Lipinski definition) is 2. The summed E-state index contributed by atoms with van der Waals surface area (Å²) in [6.07, 6.45) is 0. The van der Waals surface area contributed by atoms with E-state index < -0.39 is 6.04 Å². The molecule has 0 saturated heterocycles. The summed E-state index contributed by atoms with van der Waals surface area (Å²) in [5.74, 6) is 0.436. The lowest BCUT2D eigenvalue weighted by molar-refractivity contribution is 0.149. The fourth-order valence-electron chi connectivity index (χ4n) is 2.54. The van der Waals surface area contributed by atoms with E-state index in [-0.39, 0.29) is 25.0 Å². The smallest absolute Gasteiger partial charge is 0.318 e. The number of nitrogens with zero attached hydrogens (tertiary/aromatic N) is 1. The van der Waals surface area contributed by atoms with Crippen LogP contribution < -0.4 is 10.1 Å². The number of amides is 2. The third-order valence-electron chi connectivity index (χ3n) is 4.13. The highest BCUT2D eigenvalue weighted by atomic mass is 19.1. The number of urea groups is 1. The molecule has 2 N–H and O–H groups in total. The summed E-state index contributed by atoms with van der Waals surface area (Å²) < 4.78 is 18.4. The summed E-state index contributed by atoms with van der Waals surface area (Å²) in [4.78, 5) is 13.8. The monoisotopic (exact) mass is 346 g/mol. The highest BCUT2D eigenvalue weighted by Crippen LogP contribution is 2.22. The molecule has 0 aromatic heterocycles. The van der Waals surface area contributed by atoms with Crippen molar-refractivity contribution in [2.24, 2.45) is 0 Å². The Kier molecular flexibility index (Phi) is 6.36. The molecule has 2 aromatic carbocycles. The second-order valence-corrected chi connectivity index (χ2v) is 5.82. The molecule has 0 aliphatic carbocycles. The van der Waals surface area contributed by atoms with E-state index in [1.165, 1.54) is 11.0 Å². The maximum absolute atomic E-state index is 13.3. The number of aryl methyl sites for hydroxylation is 1. The van der Waals surface area contributed by atoms with E-state index in [2.05, 4.69) is 5.32 Å². The van der Waals surface area contributed by atoms with Gasteiger partial charge in [0.05, 0.1) is 19.8 Å². The van der Waals surface area contributed by atoms with E-state index in [0.717, 1.165) is 11.1 Å². The quantitative estimate of drug-likeness (QED) is 0.845. The van der Waals surface area contributed by atoms with Crippen LogP contribution in [-0.2, 0) is 6.54 Å². The van der Waals surface area contributed by atoms with Gasteiger partial charge in [0.1, 0.15) is 11.6 Å². The Hall–Kier alpha value is -2.60. The van der Waals surface area contributed by atoms with Gasteiger partial charge in [-0.25, -0.2) is 9.18 Å². The maximum Gasteiger partial charge on any atom is 0.318 e. The van der Waals surface area contributed by atoms with Gasteiger partial charge in [0.2, 0.25) is 0 Å². The van der Waals surface area contributed by atoms with E-state index >= 15 is 0 Å². The van der Waals surface area contributed by atoms with Gasteiger partial charge in [-0.05, 0) is 41.8 Å². The third-order valence-corrected chi connectivity index (χ3v) is 4.13. The Labute approximate surface area is 147 Å². The fraction of sp³-hybridized carbons (Fsp3) is 0.316. The highest BCUT2D eigenvalue weighted by molar-refractivity contribution is 5.74. The van der Waals surface area contributed by atoms with Crippen molar-refractivity contribution in [2.75, 3.05) is 20.8 Å². The first-order valence-electron chi connectivity index (χ1n) is 7.96. The SMILES string of the molecule is COc1ccc(C(CO)N(C)C(=O)NCc2ccc(F)c(C)c2)cc1. The summed E-state index contributed by atoms with van der Waals surface area (Å²) in [5.41, 5.74) is 2.15. The van der Waals surface area contributed by atoms with E-state index in [0.29, 0.717) is 11.3 Å². The van der Waals surface area contributed by atoms with Gasteiger partial charge in [0, 0.05) is 13.6 Å². The Morgan fingerprint density at radius 1 is 1.28 bits per heavy atom. The minimum atomic E-state index is -0.471. The molecule has 0 aliphatic rings. The van der Waals surface area contributed by atoms with Crippen LogP contribution in [0.1, 0.15) is 22.7 Å². The number of ether oxygens (including phenoxy) is 1. The summed E-state index contributed by atoms with van der Waals surface area (Å²) in [6, 6.07) is 11.1. The molecule has 1 unspecified atom stereocenters. The predicted octanol–water partition coefficient (Wildman–Crippen LogP) is 3.02. The Bertz CT molecular complexity index is 719. The van der Waals surface area contributed by atoms with Gasteiger partial charge < -0.3 is 20.1 Å². The van der Waals surface area contributed by atoms with Crippen LogP contribution in [0.4, 0.5) is 9.18 Å². The number of carbonyl (C=O) groups excluding carboxylic acids is 1. The first-order chi connectivity index (χ1) is 12.0. The number of nitrogens with one attached hydrogen (secondary N) is 1. The normalized spacial score (nSPS) is 11.7. The molecular formula is C19H23FN2O3. The first kappa shape index (κ1) is 18.7. The minimum absolute atomic E-state index is 0.202. The molecule has 0 bridgehead atoms. The Morgan fingerprint density at radius 3 is 2.52 bits per heavy atom. The molecule has 6 heteroatoms. The lowest BCUT2D eigenvalue weighted by atomic mass is 10.1. The van der Waals surface area contributed by atoms with Crippen molar-refractivity contribution < 1.29 is 19.0 Å². The highest BCUT2D eigenvalue weighted by Gasteiger charge is 2.21. The lowest BCUT2D eigenvalue weighted by Gasteiger charge is -2.27. The topological polar surface area (TPSA) is 61.8 Å². The van der Waals surface area contributed by atoms with Crippen LogP contribution in [0.3, 0.4) is 0 Å². The molecule has 2 rings (SSSR count). The van der Waals surface area contributed by atoms with Crippen LogP contribution in [0, 0.1) is 12.7 Å². The molecule has 134 valence electrons. The summed E-state index contributed by atoms with van der Waals surface area (Å²) in [6.45, 7) is 1.76. The number of likely N-dealkylation sites (N-methyl/N-ethyl adjacent to an activating group) is 1. The van der Waals surface area contributed by atoms with Gasteiger partial charge in [-0.1, -0.05) is 24.3 Å². The molecule has 0 heterocycles. The average molecular weight is 346 g/mol. The second kappa shape index (κ2) is 8.48. The van der Waals surface area contributed by atoms with Gasteiger partial charge in [-0.15, -0.1) is 0 Å². The summed E-state index contributed by atoms with van der Waals surface area (Å²) in [5, 5.41) is 12.5. The number of benzene rings is 2. The molecule has 2 aromatic rings. The minimum Gasteiger partial charge on any atom is -0.497 e. The summed E-state index contributed by atoms with van der Waals surface area (Å²) in [7, 11) is 3.20. The number of halogens is 1. The third kappa shape index (κ3) is 4.70. The van der Waals surface area contributed by atoms with Crippen LogP contribution >= 0.6 is 0 Å². The van der Waals surface area contributed by atoms with E-state index in [1.807, 2.05) is 12.1 Å². The van der Waals surface area contributed by atoms with Gasteiger partial charge in [0.25, 0.3) is 0 Å². The predicted molar refractivity (Wildman–Crippen MR) is 94.0 cm³/mol. The number of hydrogen-bond acceptors (Lipinski definition) is 3. The van der Waals surface area contributed by atoms with Crippen LogP contribution in [0.5, 0.6) is 5.75 Å². The number of aliphatic hydroxyl groups excluding tert-OH is 1. The van der Waals surface area contributed by atoms with E-state index in [1.54, 1.807) is 45.3 Å². The van der Waals surface area contributed by atoms with Crippen LogP contribution in [0.25, 0.3) is 0 Å². The first-order valence-corrected chi connectivity index (χ1v) is 7.96. The standard InChI is InChI=1S/C19H23FN2O3/c1-13-10-14(4-9-17(13)20)11-21-19(24)22(2)18(12-23)15-5-7-16(25-3)8-6-15/h4-10,18,23H,11-12H2,1-3H3,(H,21,24). The number of rotatable bonds is 6. The number of methoxy groups -OCH3 is 1. The molecule has 0 radical (unpaired) electrons. The van der Waals surface area contributed by atoms with Crippen molar-refractivity contribution in [1.82, 2.24) is 10.2 Å². The molecule has 0 saturated carbocycles. The molecule has 5 nitrogen and oxygen atoms in total. The molecule has 0 aliphatic heterocycles. The van der Waals surface area contributed by atoms with Crippen molar-refractivity contribution >= 4 is 6.03 Å². The summed E-state index contributed by atoms with van der Waals surface area (Å²) >= 11 is 0. The zero-order chi connectivity index (χ0) is 18.4. The van der Waals surface area contributed by atoms with Crippen LogP contribution in [0.15, 0.2) is 42.5 Å². The van der Waals surface area contributed by atoms with Crippen LogP contribution in [0.2, 0.25) is 0 Å². The van der Waals surface area contributed by atoms with Gasteiger partial charge >= 0.3 is 6.03 Å². The zero-order valence-corrected chi connectivity index (χ0v) is 14.6. The van der Waals surface area contributed by atoms with Crippen molar-refractivity contribution in [3.8, 4) is 5.75 Å². The fourth-order valence-corrected chi connectivity index (χ4v) is 2.54. The largest absolute Gasteiger partial charge is 0.497 e. The molecule has 25 heavy (non-hydrogen) atoms. The van der Waals surface area contributed by atoms with Crippen molar-refractivity contribution in [1.29, 1.82) is 0 Å².